The summed E-state index contributed by atoms with van der Waals surface area (Å²) < 4.78 is 17.5. The van der Waals surface area contributed by atoms with Crippen LogP contribution in [0.3, 0.4) is 0 Å². The van der Waals surface area contributed by atoms with Crippen molar-refractivity contribution in [1.82, 2.24) is 26.2 Å². The third kappa shape index (κ3) is 15.3. The van der Waals surface area contributed by atoms with Crippen LogP contribution in [-0.4, -0.2) is 116 Å². The molecule has 20 heteroatoms. The number of nitrogens with one attached hydrogen (secondary N) is 4. The van der Waals surface area contributed by atoms with E-state index < -0.39 is 65.0 Å². The van der Waals surface area contributed by atoms with Crippen LogP contribution >= 0.6 is 0 Å². The van der Waals surface area contributed by atoms with Gasteiger partial charge in [0.1, 0.15) is 31.9 Å². The van der Waals surface area contributed by atoms with E-state index in [1.54, 1.807) is 12.1 Å². The lowest BCUT2D eigenvalue weighted by atomic mass is 9.98. The van der Waals surface area contributed by atoms with E-state index in [1.165, 1.54) is 29.2 Å². The van der Waals surface area contributed by atoms with Gasteiger partial charge in [0.05, 0.1) is 41.3 Å². The van der Waals surface area contributed by atoms with Crippen LogP contribution in [0, 0.1) is 10.1 Å². The van der Waals surface area contributed by atoms with Gasteiger partial charge in [0.15, 0.2) is 0 Å². The third-order valence-corrected chi connectivity index (χ3v) is 16.9. The zero-order valence-corrected chi connectivity index (χ0v) is 50.6. The van der Waals surface area contributed by atoms with Crippen molar-refractivity contribution in [2.75, 3.05) is 50.9 Å². The van der Waals surface area contributed by atoms with E-state index in [0.29, 0.717) is 24.5 Å². The molecule has 1 heterocycles. The number of anilines is 1. The van der Waals surface area contributed by atoms with E-state index in [9.17, 15) is 38.9 Å². The fourth-order valence-electron chi connectivity index (χ4n) is 12.2. The van der Waals surface area contributed by atoms with Gasteiger partial charge in [-0.15, -0.1) is 0 Å². The second kappa shape index (κ2) is 29.5. The van der Waals surface area contributed by atoms with Crippen molar-refractivity contribution < 1.29 is 47.9 Å². The predicted octanol–water partition coefficient (Wildman–Crippen LogP) is 11.3. The number of likely N-dealkylation sites (tertiary alicyclic amines) is 1. The molecule has 4 atom stereocenters. The van der Waals surface area contributed by atoms with Gasteiger partial charge in [-0.25, -0.2) is 9.59 Å². The first-order chi connectivity index (χ1) is 44.8. The number of non-ortho nitro benzene ring substituents is 1. The number of ether oxygens (including phenoxy) is 3. The normalized spacial score (nSPS) is 15.2. The quantitative estimate of drug-likeness (QED) is 0.0137. The molecule has 20 nitrogen and oxygen atoms in total. The SMILES string of the molecule is CCN(CCOC(=O)CCC(=O)N1C[C@@H](NC(=O)[C@@H](Cc2ccccc2)NC(=O)OCC2c3ccccc3-c3ccccc32)[C@H](NC(=O)[C@@H](Cc2ccccc2)NC(=O)OCC2c3ccccc3-c3ccccc32)C1)c1ccc(N=Nc2ccc([N+](=O)[O-])cc2)cc1. The summed E-state index contributed by atoms with van der Waals surface area (Å²) in [6.07, 6.45) is -1.99. The fourth-order valence-corrected chi connectivity index (χ4v) is 12.2. The van der Waals surface area contributed by atoms with Gasteiger partial charge in [0.2, 0.25) is 17.7 Å². The first kappa shape index (κ1) is 62.6. The minimum Gasteiger partial charge on any atom is -0.464 e. The monoisotopic (exact) mass is 1240 g/mol. The van der Waals surface area contributed by atoms with Crippen molar-refractivity contribution in [2.45, 2.75) is 68.6 Å². The van der Waals surface area contributed by atoms with E-state index in [2.05, 4.69) is 31.5 Å². The molecule has 1 fully saturated rings. The Bertz CT molecular complexity index is 3710. The minimum absolute atomic E-state index is 0.00686. The van der Waals surface area contributed by atoms with Crippen molar-refractivity contribution >= 4 is 58.6 Å². The van der Waals surface area contributed by atoms with Crippen LogP contribution in [-0.2, 0) is 46.2 Å². The molecule has 0 spiro atoms. The number of alkyl carbamates (subject to hydrolysis) is 2. The lowest BCUT2D eigenvalue weighted by molar-refractivity contribution is -0.384. The van der Waals surface area contributed by atoms with Gasteiger partial charge in [-0.1, -0.05) is 158 Å². The molecule has 1 aliphatic heterocycles. The molecule has 0 radical (unpaired) electrons. The summed E-state index contributed by atoms with van der Waals surface area (Å²) in [4.78, 5) is 99.0. The molecule has 2 aliphatic carbocycles. The number of benzene rings is 8. The van der Waals surface area contributed by atoms with Gasteiger partial charge in [-0.3, -0.25) is 29.3 Å². The topological polar surface area (TPSA) is 253 Å². The van der Waals surface area contributed by atoms with Crippen LogP contribution in [0.4, 0.5) is 32.3 Å². The molecule has 8 aromatic carbocycles. The number of esters is 1. The van der Waals surface area contributed by atoms with Gasteiger partial charge < -0.3 is 45.3 Å². The molecule has 0 unspecified atom stereocenters. The Morgan fingerprint density at radius 2 is 0.935 bits per heavy atom. The molecular weight excluding hydrogens is 1170 g/mol. The molecule has 3 aliphatic rings. The van der Waals surface area contributed by atoms with E-state index in [0.717, 1.165) is 61.3 Å². The number of hydrogen-bond donors (Lipinski definition) is 4. The van der Waals surface area contributed by atoms with Crippen LogP contribution < -0.4 is 26.2 Å². The maximum absolute atomic E-state index is 14.8. The second-order valence-corrected chi connectivity index (χ2v) is 22.7. The molecular formula is C72H69N9O11. The number of azo groups is 1. The summed E-state index contributed by atoms with van der Waals surface area (Å²) in [5.74, 6) is -2.72. The second-order valence-electron chi connectivity index (χ2n) is 22.7. The van der Waals surface area contributed by atoms with E-state index in [4.69, 9.17) is 14.2 Å². The lowest BCUT2D eigenvalue weighted by Crippen LogP contribution is -2.58. The fraction of sp³-hybridized carbons (Fsp3) is 0.250. The molecule has 468 valence electrons. The Balaban J connectivity index is 0.760. The summed E-state index contributed by atoms with van der Waals surface area (Å²) in [6.45, 7) is 2.76. The number of likely N-dealkylation sites (N-methyl/N-ethyl adjacent to an activating group) is 1. The molecule has 11 rings (SSSR count). The van der Waals surface area contributed by atoms with Gasteiger partial charge in [0.25, 0.3) is 5.69 Å². The highest BCUT2D eigenvalue weighted by Gasteiger charge is 2.40. The molecule has 0 aromatic heterocycles. The number of fused-ring (bicyclic) bond motifs is 6. The maximum atomic E-state index is 14.8. The van der Waals surface area contributed by atoms with Crippen LogP contribution in [0.5, 0.6) is 0 Å². The minimum atomic E-state index is -1.18. The van der Waals surface area contributed by atoms with Crippen molar-refractivity contribution in [3.8, 4) is 22.3 Å². The summed E-state index contributed by atoms with van der Waals surface area (Å²) in [6, 6.07) is 59.0. The number of nitrogens with zero attached hydrogens (tertiary/aromatic N) is 5. The molecule has 5 amide bonds. The molecule has 8 aromatic rings. The number of nitro benzene ring substituents is 1. The van der Waals surface area contributed by atoms with E-state index >= 15 is 0 Å². The average Bonchev–Trinajstić information content (AvgIpc) is 1.71. The number of hydrogen-bond acceptors (Lipinski definition) is 14. The average molecular weight is 1240 g/mol. The van der Waals surface area contributed by atoms with Crippen LogP contribution in [0.2, 0.25) is 0 Å². The highest BCUT2D eigenvalue weighted by Crippen LogP contribution is 2.46. The summed E-state index contributed by atoms with van der Waals surface area (Å²) in [7, 11) is 0. The first-order valence-corrected chi connectivity index (χ1v) is 30.7. The number of amides is 5. The Morgan fingerprint density at radius 3 is 1.35 bits per heavy atom. The van der Waals surface area contributed by atoms with E-state index in [1.807, 2.05) is 182 Å². The summed E-state index contributed by atoms with van der Waals surface area (Å²) in [5, 5.41) is 31.2. The van der Waals surface area contributed by atoms with Crippen molar-refractivity contribution in [3.05, 3.63) is 250 Å². The number of carbonyl (C=O) groups excluding carboxylic acids is 6. The van der Waals surface area contributed by atoms with Gasteiger partial charge in [-0.05, 0) is 99.0 Å². The first-order valence-electron chi connectivity index (χ1n) is 30.7. The summed E-state index contributed by atoms with van der Waals surface area (Å²) in [5.41, 5.74) is 11.6. The van der Waals surface area contributed by atoms with Gasteiger partial charge in [0, 0.05) is 68.6 Å². The standard InChI is InChI=1S/C72H69N9O11/c1-2-79(51-33-29-49(30-34-51)77-78-50-31-35-52(36-32-50)81(88)89)39-40-90-68(83)38-37-67(82)80-43-65(73-69(84)63(41-47-17-5-3-6-18-47)75-71(86)91-45-61-57-25-13-9-21-53(57)54-22-10-14-26-58(54)61)66(44-80)74-70(85)64(42-48-19-7-4-8-20-48)76-72(87)92-46-62-59-27-15-11-23-55(59)56-24-12-16-28-60(56)62/h3-36,61-66H,2,37-46H2,1H3,(H,73,84)(H,74,85)(H,75,86)(H,76,87)/t63-,64-,65-,66-/m1/s1. The zero-order chi connectivity index (χ0) is 63.9. The Kier molecular flexibility index (Phi) is 20.1. The number of nitro groups is 1. The lowest BCUT2D eigenvalue weighted by Gasteiger charge is -2.26. The van der Waals surface area contributed by atoms with E-state index in [-0.39, 0.29) is 76.1 Å². The highest BCUT2D eigenvalue weighted by molar-refractivity contribution is 5.89. The Morgan fingerprint density at radius 1 is 0.533 bits per heavy atom. The summed E-state index contributed by atoms with van der Waals surface area (Å²) >= 11 is 0. The Hall–Kier alpha value is -11.0. The maximum Gasteiger partial charge on any atom is 0.407 e. The molecule has 0 bridgehead atoms. The van der Waals surface area contributed by atoms with Gasteiger partial charge in [-0.2, -0.15) is 10.2 Å². The smallest absolute Gasteiger partial charge is 0.407 e. The molecule has 1 saturated heterocycles. The van der Waals surface area contributed by atoms with Crippen molar-refractivity contribution in [3.63, 3.8) is 0 Å². The molecule has 0 saturated carbocycles. The van der Waals surface area contributed by atoms with Gasteiger partial charge >= 0.3 is 18.2 Å². The Labute approximate surface area is 532 Å². The van der Waals surface area contributed by atoms with Crippen LogP contribution in [0.25, 0.3) is 22.3 Å². The van der Waals surface area contributed by atoms with Crippen LogP contribution in [0.15, 0.2) is 216 Å². The largest absolute Gasteiger partial charge is 0.464 e. The molecule has 92 heavy (non-hydrogen) atoms. The molecule has 4 N–H and O–H groups in total. The number of carbonyl (C=O) groups is 6. The van der Waals surface area contributed by atoms with Crippen LogP contribution in [0.1, 0.15) is 65.0 Å². The number of rotatable bonds is 25. The third-order valence-electron chi connectivity index (χ3n) is 16.9. The van der Waals surface area contributed by atoms with Crippen molar-refractivity contribution in [2.24, 2.45) is 10.2 Å². The zero-order valence-electron chi connectivity index (χ0n) is 50.6. The van der Waals surface area contributed by atoms with Crippen molar-refractivity contribution in [1.29, 1.82) is 0 Å². The predicted molar refractivity (Wildman–Crippen MR) is 347 cm³/mol. The highest BCUT2D eigenvalue weighted by atomic mass is 16.6.